The molecule has 114 valence electrons. The average Bonchev–Trinajstić information content (AvgIpc) is 2.55. The molecule has 0 bridgehead atoms. The zero-order chi connectivity index (χ0) is 15.2. The highest BCUT2D eigenvalue weighted by molar-refractivity contribution is 5.82. The summed E-state index contributed by atoms with van der Waals surface area (Å²) < 4.78 is 11.2. The molecule has 0 saturated carbocycles. The first-order valence-corrected chi connectivity index (χ1v) is 7.19. The van der Waals surface area contributed by atoms with Crippen LogP contribution in [0.25, 0.3) is 0 Å². The minimum atomic E-state index is -0.498. The first-order chi connectivity index (χ1) is 9.03. The van der Waals surface area contributed by atoms with Crippen LogP contribution in [0.2, 0.25) is 0 Å². The molecule has 5 heteroatoms. The summed E-state index contributed by atoms with van der Waals surface area (Å²) in [6, 6.07) is 0. The molecule has 1 atom stereocenters. The van der Waals surface area contributed by atoms with Gasteiger partial charge in [-0.05, 0) is 47.5 Å². The van der Waals surface area contributed by atoms with Gasteiger partial charge in [0, 0.05) is 18.5 Å². The zero-order valence-electron chi connectivity index (χ0n) is 13.1. The fourth-order valence-electron chi connectivity index (χ4n) is 3.21. The van der Waals surface area contributed by atoms with Crippen molar-refractivity contribution in [1.29, 1.82) is 0 Å². The van der Waals surface area contributed by atoms with Crippen LogP contribution in [0.5, 0.6) is 0 Å². The summed E-state index contributed by atoms with van der Waals surface area (Å²) in [7, 11) is 0. The van der Waals surface area contributed by atoms with Gasteiger partial charge in [0.05, 0.1) is 5.60 Å². The number of carbonyl (C=O) groups is 2. The van der Waals surface area contributed by atoms with Crippen LogP contribution in [0.4, 0.5) is 4.79 Å². The van der Waals surface area contributed by atoms with E-state index in [0.717, 1.165) is 0 Å². The molecule has 1 unspecified atom stereocenters. The molecule has 2 rings (SSSR count). The molecule has 5 nitrogen and oxygen atoms in total. The maximum absolute atomic E-state index is 12.3. The van der Waals surface area contributed by atoms with E-state index in [1.165, 1.54) is 0 Å². The topological polar surface area (TPSA) is 55.8 Å². The highest BCUT2D eigenvalue weighted by Crippen LogP contribution is 2.42. The fraction of sp³-hybridized carbons (Fsp3) is 0.867. The van der Waals surface area contributed by atoms with Gasteiger partial charge in [-0.3, -0.25) is 4.79 Å². The van der Waals surface area contributed by atoms with Crippen molar-refractivity contribution in [3.8, 4) is 0 Å². The van der Waals surface area contributed by atoms with Crippen LogP contribution in [0.1, 0.15) is 53.9 Å². The zero-order valence-corrected chi connectivity index (χ0v) is 13.1. The summed E-state index contributed by atoms with van der Waals surface area (Å²) in [5.41, 5.74) is -1.24. The van der Waals surface area contributed by atoms with E-state index in [9.17, 15) is 9.59 Å². The van der Waals surface area contributed by atoms with E-state index in [1.807, 2.05) is 34.6 Å². The van der Waals surface area contributed by atoms with E-state index in [4.69, 9.17) is 9.47 Å². The molecule has 2 saturated heterocycles. The number of ketones is 1. The largest absolute Gasteiger partial charge is 0.444 e. The lowest BCUT2D eigenvalue weighted by Crippen LogP contribution is -2.59. The van der Waals surface area contributed by atoms with Crippen LogP contribution < -0.4 is 0 Å². The number of amides is 1. The molecular weight excluding hydrogens is 258 g/mol. The van der Waals surface area contributed by atoms with Gasteiger partial charge in [-0.2, -0.15) is 0 Å². The lowest BCUT2D eigenvalue weighted by atomic mass is 9.78. The second-order valence-corrected chi connectivity index (χ2v) is 7.56. The Morgan fingerprint density at radius 2 is 2.00 bits per heavy atom. The summed E-state index contributed by atoms with van der Waals surface area (Å²) in [5, 5.41) is 0. The number of rotatable bonds is 0. The van der Waals surface area contributed by atoms with Crippen LogP contribution in [0.3, 0.4) is 0 Å². The number of nitrogens with zero attached hydrogens (tertiary/aromatic N) is 1. The Labute approximate surface area is 120 Å². The van der Waals surface area contributed by atoms with Crippen LogP contribution >= 0.6 is 0 Å². The number of piperidine rings is 1. The van der Waals surface area contributed by atoms with Crippen molar-refractivity contribution >= 4 is 11.9 Å². The summed E-state index contributed by atoms with van der Waals surface area (Å²) in [5.74, 6) is 0.159. The van der Waals surface area contributed by atoms with Crippen molar-refractivity contribution in [2.24, 2.45) is 0 Å². The Morgan fingerprint density at radius 1 is 1.35 bits per heavy atom. The number of Topliss-reactive ketones (excluding diaryl/α,β-unsaturated/α-hetero) is 1. The first kappa shape index (κ1) is 15.3. The molecule has 2 heterocycles. The Hall–Kier alpha value is -1.10. The van der Waals surface area contributed by atoms with Gasteiger partial charge in [0.25, 0.3) is 0 Å². The van der Waals surface area contributed by atoms with E-state index >= 15 is 0 Å². The predicted molar refractivity (Wildman–Crippen MR) is 74.6 cm³/mol. The van der Waals surface area contributed by atoms with Crippen LogP contribution in [-0.4, -0.2) is 46.7 Å². The first-order valence-electron chi connectivity index (χ1n) is 7.19. The Bertz CT molecular complexity index is 424. The maximum Gasteiger partial charge on any atom is 0.410 e. The van der Waals surface area contributed by atoms with E-state index < -0.39 is 5.60 Å². The fourth-order valence-corrected chi connectivity index (χ4v) is 3.21. The van der Waals surface area contributed by atoms with Gasteiger partial charge < -0.3 is 14.4 Å². The molecule has 1 amide bonds. The monoisotopic (exact) mass is 283 g/mol. The van der Waals surface area contributed by atoms with Crippen LogP contribution in [-0.2, 0) is 14.3 Å². The highest BCUT2D eigenvalue weighted by atomic mass is 16.6. The quantitative estimate of drug-likeness (QED) is 0.685. The van der Waals surface area contributed by atoms with E-state index in [0.29, 0.717) is 25.8 Å². The number of carbonyl (C=O) groups excluding carboxylic acids is 2. The predicted octanol–water partition coefficient (Wildman–Crippen LogP) is 2.52. The third kappa shape index (κ3) is 3.14. The van der Waals surface area contributed by atoms with Crippen molar-refractivity contribution in [2.45, 2.75) is 70.6 Å². The Kier molecular flexibility index (Phi) is 3.61. The molecular formula is C15H25NO4. The third-order valence-electron chi connectivity index (χ3n) is 3.95. The van der Waals surface area contributed by atoms with Gasteiger partial charge in [0.2, 0.25) is 0 Å². The van der Waals surface area contributed by atoms with Gasteiger partial charge in [0.1, 0.15) is 12.2 Å². The maximum atomic E-state index is 12.3. The van der Waals surface area contributed by atoms with Gasteiger partial charge in [-0.25, -0.2) is 4.79 Å². The highest BCUT2D eigenvalue weighted by Gasteiger charge is 2.50. The summed E-state index contributed by atoms with van der Waals surface area (Å²) in [6.07, 6.45) is 1.55. The standard InChI is InChI=1S/C15H25NO4/c1-13(2,3)20-12(18)16-7-6-15(10-14(16,4)5)8-11(17)9-19-15/h6-10H2,1-5H3. The molecule has 1 spiro atoms. The normalized spacial score (nSPS) is 29.9. The number of ether oxygens (including phenoxy) is 2. The molecule has 0 aromatic rings. The van der Waals surface area contributed by atoms with Crippen molar-refractivity contribution in [3.05, 3.63) is 0 Å². The SMILES string of the molecule is CC(C)(C)OC(=O)N1CCC2(CC(=O)CO2)CC1(C)C. The van der Waals surface area contributed by atoms with E-state index in [1.54, 1.807) is 4.90 Å². The molecule has 0 radical (unpaired) electrons. The smallest absolute Gasteiger partial charge is 0.410 e. The van der Waals surface area contributed by atoms with Gasteiger partial charge >= 0.3 is 6.09 Å². The molecule has 0 aromatic carbocycles. The van der Waals surface area contributed by atoms with Gasteiger partial charge in [-0.15, -0.1) is 0 Å². The molecule has 0 aromatic heterocycles. The van der Waals surface area contributed by atoms with Gasteiger partial charge in [0.15, 0.2) is 5.78 Å². The van der Waals surface area contributed by atoms with Crippen LogP contribution in [0, 0.1) is 0 Å². The second kappa shape index (κ2) is 4.72. The number of hydrogen-bond acceptors (Lipinski definition) is 4. The lowest BCUT2D eigenvalue weighted by molar-refractivity contribution is -0.118. The molecule has 2 aliphatic heterocycles. The van der Waals surface area contributed by atoms with Crippen molar-refractivity contribution in [2.75, 3.05) is 13.2 Å². The second-order valence-electron chi connectivity index (χ2n) is 7.56. The number of likely N-dealkylation sites (tertiary alicyclic amines) is 1. The third-order valence-corrected chi connectivity index (χ3v) is 3.95. The summed E-state index contributed by atoms with van der Waals surface area (Å²) in [6.45, 7) is 10.4. The molecule has 20 heavy (non-hydrogen) atoms. The number of hydrogen-bond donors (Lipinski definition) is 0. The summed E-state index contributed by atoms with van der Waals surface area (Å²) in [4.78, 5) is 25.6. The minimum absolute atomic E-state index is 0.159. The minimum Gasteiger partial charge on any atom is -0.444 e. The van der Waals surface area contributed by atoms with Crippen molar-refractivity contribution in [1.82, 2.24) is 4.90 Å². The molecule has 2 aliphatic rings. The molecule has 0 aliphatic carbocycles. The van der Waals surface area contributed by atoms with Crippen molar-refractivity contribution < 1.29 is 19.1 Å². The van der Waals surface area contributed by atoms with Crippen molar-refractivity contribution in [3.63, 3.8) is 0 Å². The average molecular weight is 283 g/mol. The Morgan fingerprint density at radius 3 is 2.45 bits per heavy atom. The van der Waals surface area contributed by atoms with Crippen LogP contribution in [0.15, 0.2) is 0 Å². The molecule has 0 N–H and O–H groups in total. The van der Waals surface area contributed by atoms with Gasteiger partial charge in [-0.1, -0.05) is 0 Å². The molecule has 2 fully saturated rings. The summed E-state index contributed by atoms with van der Waals surface area (Å²) >= 11 is 0. The van der Waals surface area contributed by atoms with E-state index in [2.05, 4.69) is 0 Å². The Balaban J connectivity index is 2.08. The van der Waals surface area contributed by atoms with E-state index in [-0.39, 0.29) is 29.6 Å². The lowest BCUT2D eigenvalue weighted by Gasteiger charge is -2.49.